The van der Waals surface area contributed by atoms with Gasteiger partial charge in [-0.25, -0.2) is 0 Å². The Balaban J connectivity index is 2.05. The van der Waals surface area contributed by atoms with Crippen LogP contribution in [0, 0.1) is 0 Å². The Labute approximate surface area is 133 Å². The zero-order valence-electron chi connectivity index (χ0n) is 13.1. The molecular weight excluding hydrogens is 272 g/mol. The van der Waals surface area contributed by atoms with Crippen molar-refractivity contribution >= 4 is 0 Å². The molecule has 22 heavy (non-hydrogen) atoms. The Morgan fingerprint density at radius 2 is 1.41 bits per heavy atom. The van der Waals surface area contributed by atoms with Crippen LogP contribution in [0.1, 0.15) is 37.1 Å². The molecule has 4 N–H and O–H groups in total. The lowest BCUT2D eigenvalue weighted by molar-refractivity contribution is 0.363. The van der Waals surface area contributed by atoms with Gasteiger partial charge >= 0.3 is 0 Å². The van der Waals surface area contributed by atoms with E-state index in [9.17, 15) is 0 Å². The normalized spacial score (nSPS) is 11.5. The van der Waals surface area contributed by atoms with E-state index in [4.69, 9.17) is 11.5 Å². The second-order valence-corrected chi connectivity index (χ2v) is 5.96. The maximum atomic E-state index is 6.73. The largest absolute Gasteiger partial charge is 0.330 e. The van der Waals surface area contributed by atoms with Gasteiger partial charge in [0, 0.05) is 42.2 Å². The van der Waals surface area contributed by atoms with Crippen molar-refractivity contribution in [2.45, 2.75) is 44.1 Å². The fraction of sp³-hybridized carbons (Fsp3) is 0.444. The fourth-order valence-electron chi connectivity index (χ4n) is 2.76. The molecule has 2 aromatic heterocycles. The average Bonchev–Trinajstić information content (AvgIpc) is 2.53. The van der Waals surface area contributed by atoms with E-state index in [0.29, 0.717) is 0 Å². The van der Waals surface area contributed by atoms with E-state index < -0.39 is 0 Å². The molecule has 0 amide bonds. The summed E-state index contributed by atoms with van der Waals surface area (Å²) in [7, 11) is 0. The van der Waals surface area contributed by atoms with E-state index in [1.54, 1.807) is 0 Å². The Bertz CT molecular complexity index is 486. The molecular formula is C18H26N4. The van der Waals surface area contributed by atoms with Gasteiger partial charge in [-0.3, -0.25) is 9.97 Å². The van der Waals surface area contributed by atoms with Crippen LogP contribution in [-0.4, -0.2) is 22.1 Å². The molecule has 2 rings (SSSR count). The number of hydrogen-bond donors (Lipinski definition) is 2. The number of rotatable bonds is 9. The highest BCUT2D eigenvalue weighted by molar-refractivity contribution is 5.13. The smallest absolute Gasteiger partial charge is 0.0422 e. The molecule has 0 saturated carbocycles. The van der Waals surface area contributed by atoms with E-state index in [-0.39, 0.29) is 5.54 Å². The topological polar surface area (TPSA) is 77.8 Å². The number of nitrogens with zero attached hydrogens (tertiary/aromatic N) is 2. The lowest BCUT2D eigenvalue weighted by atomic mass is 9.84. The first-order valence-corrected chi connectivity index (χ1v) is 8.01. The standard InChI is InChI=1S/C18H26N4/c19-11-5-1-4-10-18(20,14-16-8-2-6-12-21-16)15-17-9-3-7-13-22-17/h2-3,6-9,12-13H,1,4-5,10-11,14-15,19-20H2. The zero-order chi connectivity index (χ0) is 15.7. The first kappa shape index (κ1) is 16.6. The van der Waals surface area contributed by atoms with Gasteiger partial charge in [0.1, 0.15) is 0 Å². The molecule has 4 heteroatoms. The molecule has 118 valence electrons. The molecule has 0 unspecified atom stereocenters. The number of nitrogens with two attached hydrogens (primary N) is 2. The molecule has 0 aliphatic heterocycles. The third-order valence-electron chi connectivity index (χ3n) is 3.90. The van der Waals surface area contributed by atoms with Gasteiger partial charge in [0.25, 0.3) is 0 Å². The summed E-state index contributed by atoms with van der Waals surface area (Å²) in [6.07, 6.45) is 9.42. The van der Waals surface area contributed by atoms with Crippen molar-refractivity contribution in [3.05, 3.63) is 60.2 Å². The van der Waals surface area contributed by atoms with Crippen LogP contribution in [0.4, 0.5) is 0 Å². The molecule has 0 saturated heterocycles. The van der Waals surface area contributed by atoms with Gasteiger partial charge in [-0.15, -0.1) is 0 Å². The van der Waals surface area contributed by atoms with Crippen molar-refractivity contribution < 1.29 is 0 Å². The predicted octanol–water partition coefficient (Wildman–Crippen LogP) is 2.48. The first-order valence-electron chi connectivity index (χ1n) is 8.01. The highest BCUT2D eigenvalue weighted by atomic mass is 14.8. The molecule has 0 aromatic carbocycles. The van der Waals surface area contributed by atoms with E-state index in [1.165, 1.54) is 0 Å². The molecule has 0 aliphatic rings. The summed E-state index contributed by atoms with van der Waals surface area (Å²) in [6.45, 7) is 0.748. The van der Waals surface area contributed by atoms with Crippen LogP contribution in [0.3, 0.4) is 0 Å². The molecule has 2 aromatic rings. The Hall–Kier alpha value is -1.78. The van der Waals surface area contributed by atoms with Crippen molar-refractivity contribution in [3.8, 4) is 0 Å². The van der Waals surface area contributed by atoms with Crippen LogP contribution < -0.4 is 11.5 Å². The monoisotopic (exact) mass is 298 g/mol. The summed E-state index contributed by atoms with van der Waals surface area (Å²) >= 11 is 0. The van der Waals surface area contributed by atoms with Crippen LogP contribution in [0.5, 0.6) is 0 Å². The van der Waals surface area contributed by atoms with Gasteiger partial charge < -0.3 is 11.5 Å². The summed E-state index contributed by atoms with van der Waals surface area (Å²) < 4.78 is 0. The maximum Gasteiger partial charge on any atom is 0.0422 e. The van der Waals surface area contributed by atoms with Gasteiger partial charge in [-0.2, -0.15) is 0 Å². The van der Waals surface area contributed by atoms with Crippen LogP contribution in [0.25, 0.3) is 0 Å². The summed E-state index contributed by atoms with van der Waals surface area (Å²) in [4.78, 5) is 8.86. The number of pyridine rings is 2. The summed E-state index contributed by atoms with van der Waals surface area (Å²) in [5, 5.41) is 0. The van der Waals surface area contributed by atoms with E-state index in [2.05, 4.69) is 9.97 Å². The molecule has 0 fully saturated rings. The van der Waals surface area contributed by atoms with Crippen molar-refractivity contribution in [3.63, 3.8) is 0 Å². The van der Waals surface area contributed by atoms with Gasteiger partial charge in [0.2, 0.25) is 0 Å². The lowest BCUT2D eigenvalue weighted by Gasteiger charge is -2.29. The highest BCUT2D eigenvalue weighted by Crippen LogP contribution is 2.21. The Morgan fingerprint density at radius 3 is 1.86 bits per heavy atom. The Kier molecular flexibility index (Phi) is 6.49. The van der Waals surface area contributed by atoms with Crippen LogP contribution >= 0.6 is 0 Å². The number of hydrogen-bond acceptors (Lipinski definition) is 4. The van der Waals surface area contributed by atoms with Gasteiger partial charge in [0.05, 0.1) is 0 Å². The average molecular weight is 298 g/mol. The van der Waals surface area contributed by atoms with E-state index in [1.807, 2.05) is 48.8 Å². The third kappa shape index (κ3) is 5.54. The zero-order valence-corrected chi connectivity index (χ0v) is 13.1. The number of aromatic nitrogens is 2. The highest BCUT2D eigenvalue weighted by Gasteiger charge is 2.26. The summed E-state index contributed by atoms with van der Waals surface area (Å²) in [5.41, 5.74) is 14.1. The molecule has 0 spiro atoms. The van der Waals surface area contributed by atoms with Crippen molar-refractivity contribution in [2.75, 3.05) is 6.54 Å². The quantitative estimate of drug-likeness (QED) is 0.697. The maximum absolute atomic E-state index is 6.73. The second kappa shape index (κ2) is 8.61. The van der Waals surface area contributed by atoms with Crippen molar-refractivity contribution in [2.24, 2.45) is 11.5 Å². The molecule has 0 aliphatic carbocycles. The lowest BCUT2D eigenvalue weighted by Crippen LogP contribution is -2.44. The molecule has 2 heterocycles. The Morgan fingerprint density at radius 1 is 0.818 bits per heavy atom. The predicted molar refractivity (Wildman–Crippen MR) is 90.3 cm³/mol. The second-order valence-electron chi connectivity index (χ2n) is 5.96. The van der Waals surface area contributed by atoms with Crippen LogP contribution in [0.2, 0.25) is 0 Å². The summed E-state index contributed by atoms with van der Waals surface area (Å²) in [6, 6.07) is 12.0. The van der Waals surface area contributed by atoms with Crippen LogP contribution in [0.15, 0.2) is 48.8 Å². The fourth-order valence-corrected chi connectivity index (χ4v) is 2.76. The van der Waals surface area contributed by atoms with Crippen molar-refractivity contribution in [1.82, 2.24) is 9.97 Å². The SMILES string of the molecule is NCCCCCC(N)(Cc1ccccn1)Cc1ccccn1. The minimum absolute atomic E-state index is 0.308. The van der Waals surface area contributed by atoms with E-state index >= 15 is 0 Å². The van der Waals surface area contributed by atoms with Gasteiger partial charge in [-0.05, 0) is 43.7 Å². The van der Waals surface area contributed by atoms with Crippen LogP contribution in [-0.2, 0) is 12.8 Å². The van der Waals surface area contributed by atoms with Gasteiger partial charge in [0.15, 0.2) is 0 Å². The first-order chi connectivity index (χ1) is 10.7. The molecule has 0 atom stereocenters. The third-order valence-corrected chi connectivity index (χ3v) is 3.90. The molecule has 4 nitrogen and oxygen atoms in total. The minimum Gasteiger partial charge on any atom is -0.330 e. The minimum atomic E-state index is -0.308. The van der Waals surface area contributed by atoms with E-state index in [0.717, 1.165) is 56.5 Å². The molecule has 0 bridgehead atoms. The summed E-state index contributed by atoms with van der Waals surface area (Å²) in [5.74, 6) is 0. The number of unbranched alkanes of at least 4 members (excludes halogenated alkanes) is 2. The van der Waals surface area contributed by atoms with Crippen molar-refractivity contribution in [1.29, 1.82) is 0 Å². The molecule has 0 radical (unpaired) electrons. The van der Waals surface area contributed by atoms with Gasteiger partial charge in [-0.1, -0.05) is 25.0 Å².